The summed E-state index contributed by atoms with van der Waals surface area (Å²) in [5.41, 5.74) is 2.53. The number of aromatic amines is 1. The van der Waals surface area contributed by atoms with Crippen LogP contribution in [0.3, 0.4) is 0 Å². The Balaban J connectivity index is 1.73. The minimum Gasteiger partial charge on any atom is -0.370 e. The van der Waals surface area contributed by atoms with Crippen molar-refractivity contribution < 1.29 is 8.78 Å². The second kappa shape index (κ2) is 6.47. The van der Waals surface area contributed by atoms with Crippen molar-refractivity contribution in [1.82, 2.24) is 15.5 Å². The van der Waals surface area contributed by atoms with Gasteiger partial charge in [0.15, 0.2) is 0 Å². The Labute approximate surface area is 143 Å². The molecule has 6 heteroatoms. The van der Waals surface area contributed by atoms with E-state index in [9.17, 15) is 8.78 Å². The third kappa shape index (κ3) is 3.15. The maximum absolute atomic E-state index is 14.4. The van der Waals surface area contributed by atoms with E-state index < -0.39 is 0 Å². The van der Waals surface area contributed by atoms with Gasteiger partial charge in [-0.2, -0.15) is 5.10 Å². The number of amidine groups is 1. The van der Waals surface area contributed by atoms with Gasteiger partial charge < -0.3 is 5.32 Å². The fourth-order valence-electron chi connectivity index (χ4n) is 2.84. The van der Waals surface area contributed by atoms with Gasteiger partial charge in [0.2, 0.25) is 0 Å². The van der Waals surface area contributed by atoms with Crippen molar-refractivity contribution in [3.63, 3.8) is 0 Å². The van der Waals surface area contributed by atoms with Crippen molar-refractivity contribution >= 4 is 28.9 Å². The van der Waals surface area contributed by atoms with Gasteiger partial charge in [-0.15, -0.1) is 0 Å². The van der Waals surface area contributed by atoms with Crippen molar-refractivity contribution in [3.8, 4) is 0 Å². The van der Waals surface area contributed by atoms with Crippen LogP contribution in [0.15, 0.2) is 41.4 Å². The largest absolute Gasteiger partial charge is 0.370 e. The summed E-state index contributed by atoms with van der Waals surface area (Å²) in [6.45, 7) is 1.58. The van der Waals surface area contributed by atoms with Gasteiger partial charge in [0.25, 0.3) is 0 Å². The Morgan fingerprint density at radius 1 is 1.04 bits per heavy atom. The third-order valence-electron chi connectivity index (χ3n) is 4.13. The molecule has 0 saturated heterocycles. The molecule has 25 heavy (non-hydrogen) atoms. The first-order valence-electron chi connectivity index (χ1n) is 8.11. The van der Waals surface area contributed by atoms with Gasteiger partial charge >= 0.3 is 0 Å². The van der Waals surface area contributed by atoms with Crippen LogP contribution in [0.2, 0.25) is 0 Å². The topological polar surface area (TPSA) is 53.1 Å². The lowest BCUT2D eigenvalue weighted by molar-refractivity contribution is 0.627. The smallest absolute Gasteiger partial charge is 0.149 e. The fourth-order valence-corrected chi connectivity index (χ4v) is 2.84. The molecule has 0 fully saturated rings. The van der Waals surface area contributed by atoms with E-state index in [1.807, 2.05) is 12.1 Å². The van der Waals surface area contributed by atoms with Gasteiger partial charge in [0, 0.05) is 24.0 Å². The van der Waals surface area contributed by atoms with E-state index in [4.69, 9.17) is 0 Å². The van der Waals surface area contributed by atoms with Crippen molar-refractivity contribution in [3.05, 3.63) is 64.9 Å². The molecule has 0 spiro atoms. The van der Waals surface area contributed by atoms with Crippen LogP contribution in [0.1, 0.15) is 23.2 Å². The predicted octanol–water partition coefficient (Wildman–Crippen LogP) is 3.75. The molecule has 2 N–H and O–H groups in total. The number of aromatic nitrogens is 2. The normalized spacial score (nSPS) is 14.7. The molecule has 0 saturated carbocycles. The number of H-pyrrole nitrogens is 1. The number of hydrogen-bond acceptors (Lipinski definition) is 3. The Morgan fingerprint density at radius 3 is 2.64 bits per heavy atom. The van der Waals surface area contributed by atoms with Crippen LogP contribution in [0.5, 0.6) is 0 Å². The SMILES string of the molecule is Fc1ccc(/C=C/c2n[nH]c3c(F)cc(C4=NCCCN4)cc23)cc1. The highest BCUT2D eigenvalue weighted by molar-refractivity contribution is 6.03. The molecule has 1 aliphatic heterocycles. The summed E-state index contributed by atoms with van der Waals surface area (Å²) in [4.78, 5) is 4.42. The number of nitrogens with zero attached hydrogens (tertiary/aromatic N) is 2. The molecular weight excluding hydrogens is 322 g/mol. The van der Waals surface area contributed by atoms with Crippen LogP contribution in [0, 0.1) is 11.6 Å². The summed E-state index contributed by atoms with van der Waals surface area (Å²) in [6, 6.07) is 9.48. The van der Waals surface area contributed by atoms with Crippen LogP contribution < -0.4 is 5.32 Å². The summed E-state index contributed by atoms with van der Waals surface area (Å²) in [5, 5.41) is 10.8. The monoisotopic (exact) mass is 338 g/mol. The first-order chi connectivity index (χ1) is 12.2. The van der Waals surface area contributed by atoms with Gasteiger partial charge in [-0.1, -0.05) is 18.2 Å². The van der Waals surface area contributed by atoms with E-state index in [0.717, 1.165) is 25.1 Å². The minimum atomic E-state index is -0.364. The quantitative estimate of drug-likeness (QED) is 0.764. The fraction of sp³-hybridized carbons (Fsp3) is 0.158. The number of fused-ring (bicyclic) bond motifs is 1. The van der Waals surface area contributed by atoms with Crippen LogP contribution in [0.4, 0.5) is 8.78 Å². The summed E-state index contributed by atoms with van der Waals surface area (Å²) in [7, 11) is 0. The highest BCUT2D eigenvalue weighted by Gasteiger charge is 2.14. The highest BCUT2D eigenvalue weighted by atomic mass is 19.1. The van der Waals surface area contributed by atoms with E-state index in [1.165, 1.54) is 18.2 Å². The molecule has 1 aliphatic rings. The molecule has 126 valence electrons. The first-order valence-corrected chi connectivity index (χ1v) is 8.11. The number of nitrogens with one attached hydrogen (secondary N) is 2. The standard InChI is InChI=1S/C19H16F2N4/c20-14-5-2-12(3-6-14)4-7-17-15-10-13(19-22-8-1-9-23-19)11-16(21)18(15)25-24-17/h2-7,10-11H,1,8-9H2,(H,22,23)(H,24,25)/b7-4+. The number of benzene rings is 2. The molecule has 0 aliphatic carbocycles. The number of halogens is 2. The molecule has 4 nitrogen and oxygen atoms in total. The van der Waals surface area contributed by atoms with Gasteiger partial charge in [0.1, 0.15) is 23.0 Å². The van der Waals surface area contributed by atoms with Crippen molar-refractivity contribution in [2.24, 2.45) is 4.99 Å². The Hall–Kier alpha value is -3.02. The predicted molar refractivity (Wildman–Crippen MR) is 95.4 cm³/mol. The molecule has 0 radical (unpaired) electrons. The molecule has 0 atom stereocenters. The van der Waals surface area contributed by atoms with Crippen LogP contribution >= 0.6 is 0 Å². The average Bonchev–Trinajstić information content (AvgIpc) is 3.06. The average molecular weight is 338 g/mol. The number of aliphatic imine (C=N–C) groups is 1. The van der Waals surface area contributed by atoms with Gasteiger partial charge in [-0.25, -0.2) is 8.78 Å². The van der Waals surface area contributed by atoms with Crippen molar-refractivity contribution in [2.75, 3.05) is 13.1 Å². The molecule has 2 aromatic carbocycles. The summed E-state index contributed by atoms with van der Waals surface area (Å²) < 4.78 is 27.4. The summed E-state index contributed by atoms with van der Waals surface area (Å²) in [5.74, 6) is 0.0630. The summed E-state index contributed by atoms with van der Waals surface area (Å²) >= 11 is 0. The zero-order valence-electron chi connectivity index (χ0n) is 13.4. The molecule has 2 heterocycles. The summed E-state index contributed by atoms with van der Waals surface area (Å²) in [6.07, 6.45) is 4.58. The lowest BCUT2D eigenvalue weighted by Gasteiger charge is -2.14. The van der Waals surface area contributed by atoms with E-state index in [1.54, 1.807) is 18.2 Å². The van der Waals surface area contributed by atoms with Crippen molar-refractivity contribution in [2.45, 2.75) is 6.42 Å². The Kier molecular flexibility index (Phi) is 4.01. The lowest BCUT2D eigenvalue weighted by atomic mass is 10.1. The zero-order valence-corrected chi connectivity index (χ0v) is 13.4. The highest BCUT2D eigenvalue weighted by Crippen LogP contribution is 2.23. The molecule has 0 bridgehead atoms. The van der Waals surface area contributed by atoms with E-state index in [2.05, 4.69) is 20.5 Å². The molecular formula is C19H16F2N4. The zero-order chi connectivity index (χ0) is 17.2. The van der Waals surface area contributed by atoms with Crippen LogP contribution in [0.25, 0.3) is 23.1 Å². The molecule has 0 amide bonds. The van der Waals surface area contributed by atoms with Crippen LogP contribution in [-0.2, 0) is 0 Å². The third-order valence-corrected chi connectivity index (χ3v) is 4.13. The number of hydrogen-bond donors (Lipinski definition) is 2. The second-order valence-corrected chi connectivity index (χ2v) is 5.89. The minimum absolute atomic E-state index is 0.283. The Morgan fingerprint density at radius 2 is 1.88 bits per heavy atom. The van der Waals surface area contributed by atoms with Crippen molar-refractivity contribution in [1.29, 1.82) is 0 Å². The maximum Gasteiger partial charge on any atom is 0.149 e. The second-order valence-electron chi connectivity index (χ2n) is 5.89. The van der Waals surface area contributed by atoms with E-state index in [0.29, 0.717) is 28.0 Å². The Bertz CT molecular complexity index is 971. The van der Waals surface area contributed by atoms with E-state index in [-0.39, 0.29) is 11.6 Å². The van der Waals surface area contributed by atoms with Gasteiger partial charge in [0.05, 0.1) is 5.69 Å². The van der Waals surface area contributed by atoms with Gasteiger partial charge in [-0.05, 0) is 42.3 Å². The maximum atomic E-state index is 14.4. The number of rotatable bonds is 3. The lowest BCUT2D eigenvalue weighted by Crippen LogP contribution is -2.30. The molecule has 3 aromatic rings. The van der Waals surface area contributed by atoms with E-state index >= 15 is 0 Å². The molecule has 0 unspecified atom stereocenters. The molecule has 1 aromatic heterocycles. The van der Waals surface area contributed by atoms with Gasteiger partial charge in [-0.3, -0.25) is 10.1 Å². The van der Waals surface area contributed by atoms with Crippen LogP contribution in [-0.4, -0.2) is 29.1 Å². The molecule has 4 rings (SSSR count). The first kappa shape index (κ1) is 15.5.